The van der Waals surface area contributed by atoms with Crippen LogP contribution in [0.1, 0.15) is 6.42 Å². The molecule has 0 fully saturated rings. The average Bonchev–Trinajstić information content (AvgIpc) is 2.14. The zero-order valence-corrected chi connectivity index (χ0v) is 5.37. The fourth-order valence-electron chi connectivity index (χ4n) is 0.544. The van der Waals surface area contributed by atoms with E-state index in [1.165, 1.54) is 17.2 Å². The van der Waals surface area contributed by atoms with Crippen molar-refractivity contribution in [3.8, 4) is 0 Å². The van der Waals surface area contributed by atoms with E-state index in [1.807, 2.05) is 0 Å². The van der Waals surface area contributed by atoms with Gasteiger partial charge >= 0.3 is 0 Å². The highest BCUT2D eigenvalue weighted by atomic mass is 32.2. The van der Waals surface area contributed by atoms with Gasteiger partial charge < -0.3 is 4.74 Å². The molecule has 1 aliphatic heterocycles. The third-order valence-corrected chi connectivity index (χ3v) is 2.03. The van der Waals surface area contributed by atoms with Gasteiger partial charge in [-0.3, -0.25) is 0 Å². The quantitative estimate of drug-likeness (QED) is 0.541. The summed E-state index contributed by atoms with van der Waals surface area (Å²) in [5, 5.41) is 1.49. The Kier molecular flexibility index (Phi) is 1.91. The van der Waals surface area contributed by atoms with Crippen LogP contribution >= 0.6 is 11.8 Å². The summed E-state index contributed by atoms with van der Waals surface area (Å²) in [5.41, 5.74) is 0.0231. The highest BCUT2D eigenvalue weighted by molar-refractivity contribution is 8.02. The lowest BCUT2D eigenvalue weighted by Gasteiger charge is -2.02. The first-order valence-electron chi connectivity index (χ1n) is 2.35. The van der Waals surface area contributed by atoms with Crippen LogP contribution in [0.4, 0.5) is 4.39 Å². The van der Waals surface area contributed by atoms with E-state index in [1.54, 1.807) is 7.11 Å². The molecule has 1 rings (SSSR count). The Bertz CT molecular complexity index is 113. The summed E-state index contributed by atoms with van der Waals surface area (Å²) in [6.07, 6.45) is 0.432. The molecule has 1 heterocycles. The second-order valence-electron chi connectivity index (χ2n) is 1.57. The summed E-state index contributed by atoms with van der Waals surface area (Å²) in [4.78, 5) is 0. The number of hydrogen-bond acceptors (Lipinski definition) is 2. The van der Waals surface area contributed by atoms with Crippen molar-refractivity contribution in [3.63, 3.8) is 0 Å². The summed E-state index contributed by atoms with van der Waals surface area (Å²) in [6, 6.07) is 0. The lowest BCUT2D eigenvalue weighted by atomic mass is 10.4. The summed E-state index contributed by atoms with van der Waals surface area (Å²) in [6.45, 7) is 0. The minimum absolute atomic E-state index is 0.0231. The van der Waals surface area contributed by atoms with E-state index < -0.39 is 0 Å². The molecule has 0 saturated carbocycles. The smallest absolute Gasteiger partial charge is 0.113 e. The highest BCUT2D eigenvalue weighted by Gasteiger charge is 2.15. The molecule has 1 nitrogen and oxygen atoms in total. The Morgan fingerprint density at radius 3 is 3.00 bits per heavy atom. The molecule has 1 aliphatic rings. The molecule has 1 atom stereocenters. The molecule has 0 aromatic carbocycles. The number of halogens is 1. The molecule has 0 aliphatic carbocycles. The molecule has 0 aromatic heterocycles. The molecule has 0 aromatic rings. The van der Waals surface area contributed by atoms with Gasteiger partial charge in [0.05, 0.1) is 0 Å². The van der Waals surface area contributed by atoms with Gasteiger partial charge in [0.25, 0.3) is 0 Å². The fourth-order valence-corrected chi connectivity index (χ4v) is 1.31. The first-order valence-corrected chi connectivity index (χ1v) is 3.30. The first kappa shape index (κ1) is 6.11. The van der Waals surface area contributed by atoms with Crippen molar-refractivity contribution in [2.45, 2.75) is 11.9 Å². The first-order chi connectivity index (χ1) is 3.83. The van der Waals surface area contributed by atoms with Crippen molar-refractivity contribution in [1.82, 2.24) is 0 Å². The number of ether oxygens (including phenoxy) is 1. The molecule has 1 unspecified atom stereocenters. The average molecular weight is 134 g/mol. The number of rotatable bonds is 1. The van der Waals surface area contributed by atoms with Crippen LogP contribution in [-0.2, 0) is 4.74 Å². The van der Waals surface area contributed by atoms with Crippen molar-refractivity contribution < 1.29 is 9.13 Å². The summed E-state index contributed by atoms with van der Waals surface area (Å²) in [5.74, 6) is -0.0677. The van der Waals surface area contributed by atoms with Gasteiger partial charge in [0.15, 0.2) is 0 Å². The van der Waals surface area contributed by atoms with Crippen LogP contribution in [0.3, 0.4) is 0 Å². The molecule has 0 saturated heterocycles. The number of methoxy groups -OCH3 is 1. The van der Waals surface area contributed by atoms with Gasteiger partial charge in [-0.25, -0.2) is 4.39 Å². The Labute approximate surface area is 51.9 Å². The Hall–Kier alpha value is -0.0200. The van der Waals surface area contributed by atoms with Crippen molar-refractivity contribution in [1.29, 1.82) is 0 Å². The lowest BCUT2D eigenvalue weighted by Crippen LogP contribution is -1.98. The maximum atomic E-state index is 12.1. The minimum atomic E-state index is -0.0677. The van der Waals surface area contributed by atoms with E-state index in [4.69, 9.17) is 4.74 Å². The van der Waals surface area contributed by atoms with Crippen molar-refractivity contribution in [2.75, 3.05) is 7.11 Å². The highest BCUT2D eigenvalue weighted by Crippen LogP contribution is 2.30. The molecular weight excluding hydrogens is 127 g/mol. The van der Waals surface area contributed by atoms with Crippen molar-refractivity contribution >= 4 is 11.8 Å². The maximum Gasteiger partial charge on any atom is 0.113 e. The summed E-state index contributed by atoms with van der Waals surface area (Å²) < 4.78 is 17.0. The zero-order chi connectivity index (χ0) is 5.98. The second kappa shape index (κ2) is 2.51. The standard InChI is InChI=1S/C5H7FOS/c1-7-5-2-4(6)3-8-5/h3,5H,2H2,1H3. The van der Waals surface area contributed by atoms with Crippen LogP contribution < -0.4 is 0 Å². The monoisotopic (exact) mass is 134 g/mol. The van der Waals surface area contributed by atoms with Crippen molar-refractivity contribution in [3.05, 3.63) is 11.2 Å². The SMILES string of the molecule is COC1CC(F)=CS1. The number of thioether (sulfide) groups is 1. The van der Waals surface area contributed by atoms with Gasteiger partial charge in [0, 0.05) is 18.9 Å². The molecule has 0 amide bonds. The van der Waals surface area contributed by atoms with E-state index in [9.17, 15) is 4.39 Å². The van der Waals surface area contributed by atoms with Gasteiger partial charge in [-0.05, 0) is 0 Å². The Morgan fingerprint density at radius 2 is 2.75 bits per heavy atom. The largest absolute Gasteiger partial charge is 0.370 e. The summed E-state index contributed by atoms with van der Waals surface area (Å²) >= 11 is 1.39. The van der Waals surface area contributed by atoms with E-state index in [0.717, 1.165) is 0 Å². The van der Waals surface area contributed by atoms with Crippen LogP contribution in [-0.4, -0.2) is 12.5 Å². The molecular formula is C5H7FOS. The lowest BCUT2D eigenvalue weighted by molar-refractivity contribution is 0.171. The van der Waals surface area contributed by atoms with Gasteiger partial charge in [0.2, 0.25) is 0 Å². The van der Waals surface area contributed by atoms with Crippen molar-refractivity contribution in [2.24, 2.45) is 0 Å². The molecule has 0 bridgehead atoms. The third-order valence-electron chi connectivity index (χ3n) is 0.972. The molecule has 46 valence electrons. The van der Waals surface area contributed by atoms with Gasteiger partial charge in [-0.15, -0.1) is 0 Å². The van der Waals surface area contributed by atoms with E-state index in [-0.39, 0.29) is 11.3 Å². The van der Waals surface area contributed by atoms with E-state index in [2.05, 4.69) is 0 Å². The normalized spacial score (nSPS) is 28.2. The van der Waals surface area contributed by atoms with Crippen LogP contribution in [0.5, 0.6) is 0 Å². The molecule has 8 heavy (non-hydrogen) atoms. The third kappa shape index (κ3) is 1.23. The molecule has 0 N–H and O–H groups in total. The van der Waals surface area contributed by atoms with Gasteiger partial charge in [0.1, 0.15) is 11.3 Å². The van der Waals surface area contributed by atoms with E-state index in [0.29, 0.717) is 6.42 Å². The van der Waals surface area contributed by atoms with Gasteiger partial charge in [-0.2, -0.15) is 0 Å². The van der Waals surface area contributed by atoms with Crippen LogP contribution in [0.2, 0.25) is 0 Å². The van der Waals surface area contributed by atoms with E-state index >= 15 is 0 Å². The van der Waals surface area contributed by atoms with Crippen LogP contribution in [0.25, 0.3) is 0 Å². The molecule has 3 heteroatoms. The Balaban J connectivity index is 2.32. The van der Waals surface area contributed by atoms with Crippen LogP contribution in [0, 0.1) is 0 Å². The molecule has 0 spiro atoms. The predicted molar refractivity (Wildman–Crippen MR) is 32.2 cm³/mol. The Morgan fingerprint density at radius 1 is 2.00 bits per heavy atom. The maximum absolute atomic E-state index is 12.1. The zero-order valence-electron chi connectivity index (χ0n) is 4.56. The predicted octanol–water partition coefficient (Wildman–Crippen LogP) is 1.91. The second-order valence-corrected chi connectivity index (χ2v) is 2.60. The topological polar surface area (TPSA) is 9.23 Å². The van der Waals surface area contributed by atoms with Crippen LogP contribution in [0.15, 0.2) is 11.2 Å². The fraction of sp³-hybridized carbons (Fsp3) is 0.600. The minimum Gasteiger partial charge on any atom is -0.370 e. The molecule has 0 radical (unpaired) electrons. The summed E-state index contributed by atoms with van der Waals surface area (Å²) in [7, 11) is 1.59. The van der Waals surface area contributed by atoms with Gasteiger partial charge in [-0.1, -0.05) is 11.8 Å². The number of hydrogen-bond donors (Lipinski definition) is 0.